The Labute approximate surface area is 150 Å². The average Bonchev–Trinajstić information content (AvgIpc) is 2.99. The molecule has 0 aliphatic carbocycles. The highest BCUT2D eigenvalue weighted by Crippen LogP contribution is 2.24. The molecule has 138 valence electrons. The van der Waals surface area contributed by atoms with E-state index in [1.807, 2.05) is 19.3 Å². The van der Waals surface area contributed by atoms with Gasteiger partial charge in [0, 0.05) is 57.2 Å². The van der Waals surface area contributed by atoms with Gasteiger partial charge >= 0.3 is 0 Å². The van der Waals surface area contributed by atoms with Gasteiger partial charge in [-0.3, -0.25) is 19.7 Å². The molecule has 0 radical (unpaired) electrons. The second-order valence-corrected chi connectivity index (χ2v) is 7.39. The number of nitrogens with one attached hydrogen (secondary N) is 1. The second-order valence-electron chi connectivity index (χ2n) is 7.39. The Hall–Kier alpha value is -1.53. The summed E-state index contributed by atoms with van der Waals surface area (Å²) in [5.74, 6) is 0.853. The highest BCUT2D eigenvalue weighted by atomic mass is 16.5. The molecule has 3 rings (SSSR count). The summed E-state index contributed by atoms with van der Waals surface area (Å²) >= 11 is 0. The molecule has 1 amide bonds. The summed E-state index contributed by atoms with van der Waals surface area (Å²) in [5, 5.41) is 3.34. The highest BCUT2D eigenvalue weighted by Gasteiger charge is 2.34. The molecule has 2 atom stereocenters. The number of carbonyl (C=O) groups excluding carboxylic acids is 1. The average molecular weight is 346 g/mol. The van der Waals surface area contributed by atoms with Gasteiger partial charge < -0.3 is 10.1 Å². The molecule has 1 N–H and O–H groups in total. The van der Waals surface area contributed by atoms with E-state index in [-0.39, 0.29) is 17.9 Å². The van der Waals surface area contributed by atoms with Crippen LogP contribution in [0.2, 0.25) is 0 Å². The fourth-order valence-electron chi connectivity index (χ4n) is 3.91. The summed E-state index contributed by atoms with van der Waals surface area (Å²) < 4.78 is 5.37. The molecule has 6 nitrogen and oxygen atoms in total. The lowest BCUT2D eigenvalue weighted by Crippen LogP contribution is -2.44. The normalized spacial score (nSPS) is 25.2. The number of aryl methyl sites for hydroxylation is 1. The molecule has 3 heterocycles. The Morgan fingerprint density at radius 2 is 2.08 bits per heavy atom. The van der Waals surface area contributed by atoms with E-state index in [9.17, 15) is 4.79 Å². The predicted octanol–water partition coefficient (Wildman–Crippen LogP) is 1.93. The monoisotopic (exact) mass is 346 g/mol. The number of hydrogen-bond acceptors (Lipinski definition) is 5. The minimum absolute atomic E-state index is 0.119. The quantitative estimate of drug-likeness (QED) is 0.852. The maximum absolute atomic E-state index is 12.6. The van der Waals surface area contributed by atoms with E-state index in [0.29, 0.717) is 19.1 Å². The van der Waals surface area contributed by atoms with Gasteiger partial charge in [0.25, 0.3) is 0 Å². The zero-order valence-electron chi connectivity index (χ0n) is 15.4. The van der Waals surface area contributed by atoms with Crippen molar-refractivity contribution in [3.63, 3.8) is 0 Å². The van der Waals surface area contributed by atoms with Gasteiger partial charge in [-0.05, 0) is 32.1 Å². The summed E-state index contributed by atoms with van der Waals surface area (Å²) in [4.78, 5) is 23.8. The summed E-state index contributed by atoms with van der Waals surface area (Å²) in [6.07, 6.45) is 7.66. The SMILES string of the molecule is CCC[C@H]1CN(Cc2cnc(C)cn2)C[C@@H]1NC(=O)C1CCOCC1. The Morgan fingerprint density at radius 1 is 1.28 bits per heavy atom. The highest BCUT2D eigenvalue weighted by molar-refractivity contribution is 5.79. The maximum Gasteiger partial charge on any atom is 0.223 e. The lowest BCUT2D eigenvalue weighted by molar-refractivity contribution is -0.128. The largest absolute Gasteiger partial charge is 0.381 e. The van der Waals surface area contributed by atoms with Crippen LogP contribution in [0.25, 0.3) is 0 Å². The number of likely N-dealkylation sites (tertiary alicyclic amines) is 1. The van der Waals surface area contributed by atoms with Crippen LogP contribution in [0.4, 0.5) is 0 Å². The smallest absolute Gasteiger partial charge is 0.223 e. The summed E-state index contributed by atoms with van der Waals surface area (Å²) in [7, 11) is 0. The molecule has 0 unspecified atom stereocenters. The molecule has 0 spiro atoms. The van der Waals surface area contributed by atoms with Gasteiger partial charge in [0.1, 0.15) is 0 Å². The van der Waals surface area contributed by atoms with Crippen molar-refractivity contribution in [3.05, 3.63) is 23.8 Å². The van der Waals surface area contributed by atoms with Gasteiger partial charge in [0.05, 0.1) is 11.4 Å². The maximum atomic E-state index is 12.6. The van der Waals surface area contributed by atoms with Gasteiger partial charge in [0.15, 0.2) is 0 Å². The number of nitrogens with zero attached hydrogens (tertiary/aromatic N) is 3. The molecule has 0 saturated carbocycles. The van der Waals surface area contributed by atoms with Crippen LogP contribution < -0.4 is 5.32 Å². The van der Waals surface area contributed by atoms with Crippen LogP contribution >= 0.6 is 0 Å². The lowest BCUT2D eigenvalue weighted by atomic mass is 9.95. The zero-order valence-corrected chi connectivity index (χ0v) is 15.4. The van der Waals surface area contributed by atoms with Crippen molar-refractivity contribution in [3.8, 4) is 0 Å². The van der Waals surface area contributed by atoms with E-state index in [0.717, 1.165) is 56.7 Å². The first-order valence-corrected chi connectivity index (χ1v) is 9.53. The van der Waals surface area contributed by atoms with E-state index in [4.69, 9.17) is 4.74 Å². The number of carbonyl (C=O) groups is 1. The third kappa shape index (κ3) is 4.98. The molecule has 2 aliphatic heterocycles. The van der Waals surface area contributed by atoms with Crippen LogP contribution in [0.1, 0.15) is 44.0 Å². The van der Waals surface area contributed by atoms with Crippen LogP contribution in [0.15, 0.2) is 12.4 Å². The lowest BCUT2D eigenvalue weighted by Gasteiger charge is -2.25. The molecule has 2 aliphatic rings. The third-order valence-electron chi connectivity index (χ3n) is 5.32. The van der Waals surface area contributed by atoms with Crippen LogP contribution in [0.3, 0.4) is 0 Å². The summed E-state index contributed by atoms with van der Waals surface area (Å²) in [6.45, 7) is 8.30. The van der Waals surface area contributed by atoms with Gasteiger partial charge in [-0.25, -0.2) is 0 Å². The molecule has 2 fully saturated rings. The molecule has 2 saturated heterocycles. The minimum atomic E-state index is 0.119. The van der Waals surface area contributed by atoms with Gasteiger partial charge in [-0.1, -0.05) is 13.3 Å². The molecule has 6 heteroatoms. The van der Waals surface area contributed by atoms with Gasteiger partial charge in [-0.2, -0.15) is 0 Å². The molecule has 25 heavy (non-hydrogen) atoms. The third-order valence-corrected chi connectivity index (χ3v) is 5.32. The number of ether oxygens (including phenoxy) is 1. The van der Waals surface area contributed by atoms with Crippen molar-refractivity contribution >= 4 is 5.91 Å². The number of amides is 1. The predicted molar refractivity (Wildman–Crippen MR) is 95.9 cm³/mol. The fraction of sp³-hybridized carbons (Fsp3) is 0.737. The first kappa shape index (κ1) is 18.3. The first-order chi connectivity index (χ1) is 12.2. The Balaban J connectivity index is 1.57. The number of hydrogen-bond donors (Lipinski definition) is 1. The Kier molecular flexibility index (Phi) is 6.37. The van der Waals surface area contributed by atoms with Crippen molar-refractivity contribution in [2.45, 2.75) is 52.1 Å². The van der Waals surface area contributed by atoms with Crippen LogP contribution in [-0.4, -0.2) is 53.1 Å². The topological polar surface area (TPSA) is 67.4 Å². The van der Waals surface area contributed by atoms with E-state index in [1.54, 1.807) is 0 Å². The molecule has 0 bridgehead atoms. The number of aromatic nitrogens is 2. The molecule has 0 aromatic carbocycles. The standard InChI is InChI=1S/C19H30N4O2/c1-3-4-16-11-23(12-17-10-20-14(2)9-21-17)13-18(16)22-19(24)15-5-7-25-8-6-15/h9-10,15-16,18H,3-8,11-13H2,1-2H3,(H,22,24)/t16-,18-/m0/s1. The van der Waals surface area contributed by atoms with Crippen molar-refractivity contribution in [1.82, 2.24) is 20.2 Å². The fourth-order valence-corrected chi connectivity index (χ4v) is 3.91. The van der Waals surface area contributed by atoms with E-state index in [1.165, 1.54) is 0 Å². The molecular formula is C19H30N4O2. The molecule has 1 aromatic rings. The summed E-state index contributed by atoms with van der Waals surface area (Å²) in [6, 6.07) is 0.244. The van der Waals surface area contributed by atoms with Crippen LogP contribution in [-0.2, 0) is 16.1 Å². The van der Waals surface area contributed by atoms with E-state index in [2.05, 4.69) is 27.1 Å². The first-order valence-electron chi connectivity index (χ1n) is 9.53. The van der Waals surface area contributed by atoms with Crippen molar-refractivity contribution in [2.24, 2.45) is 11.8 Å². The van der Waals surface area contributed by atoms with Gasteiger partial charge in [-0.15, -0.1) is 0 Å². The van der Waals surface area contributed by atoms with Crippen molar-refractivity contribution < 1.29 is 9.53 Å². The van der Waals surface area contributed by atoms with Crippen molar-refractivity contribution in [1.29, 1.82) is 0 Å². The Morgan fingerprint density at radius 3 is 2.76 bits per heavy atom. The van der Waals surface area contributed by atoms with Gasteiger partial charge in [0.2, 0.25) is 5.91 Å². The van der Waals surface area contributed by atoms with E-state index >= 15 is 0 Å². The second kappa shape index (κ2) is 8.72. The summed E-state index contributed by atoms with van der Waals surface area (Å²) in [5.41, 5.74) is 1.94. The minimum Gasteiger partial charge on any atom is -0.381 e. The van der Waals surface area contributed by atoms with E-state index < -0.39 is 0 Å². The zero-order chi connectivity index (χ0) is 17.6. The molecular weight excluding hydrogens is 316 g/mol. The van der Waals surface area contributed by atoms with Crippen molar-refractivity contribution in [2.75, 3.05) is 26.3 Å². The molecule has 1 aromatic heterocycles. The number of rotatable bonds is 6. The van der Waals surface area contributed by atoms with Crippen LogP contribution in [0, 0.1) is 18.8 Å². The van der Waals surface area contributed by atoms with Crippen LogP contribution in [0.5, 0.6) is 0 Å². The Bertz CT molecular complexity index is 557.